The first kappa shape index (κ1) is 15.8. The summed E-state index contributed by atoms with van der Waals surface area (Å²) in [5.74, 6) is 0.204. The van der Waals surface area contributed by atoms with E-state index in [9.17, 15) is 4.79 Å². The van der Waals surface area contributed by atoms with Crippen molar-refractivity contribution in [3.63, 3.8) is 0 Å². The largest absolute Gasteiger partial charge is 0.340 e. The molecule has 0 spiro atoms. The fraction of sp³-hybridized carbons (Fsp3) is 0.353. The Bertz CT molecular complexity index is 618. The number of rotatable bonds is 3. The van der Waals surface area contributed by atoms with Crippen molar-refractivity contribution in [2.75, 3.05) is 13.6 Å². The first-order valence-corrected chi connectivity index (χ1v) is 7.21. The number of nitrogens with zero attached hydrogens (tertiary/aromatic N) is 1. The molecule has 1 saturated heterocycles. The number of carbonyl (C=O) groups excluding carboxylic acids is 1. The van der Waals surface area contributed by atoms with E-state index < -0.39 is 0 Å². The molecule has 0 aliphatic carbocycles. The summed E-state index contributed by atoms with van der Waals surface area (Å²) in [6, 6.07) is 14.6. The normalized spacial score (nSPS) is 17.5. The SMILES string of the molecule is CN(Cc1cccc2ccccc12)C(=O)C1CCCN1.Cl. The zero-order valence-electron chi connectivity index (χ0n) is 12.2. The average Bonchev–Trinajstić information content (AvgIpc) is 3.01. The first-order chi connectivity index (χ1) is 9.75. The highest BCUT2D eigenvalue weighted by Crippen LogP contribution is 2.20. The lowest BCUT2D eigenvalue weighted by atomic mass is 10.0. The van der Waals surface area contributed by atoms with E-state index in [1.165, 1.54) is 16.3 Å². The molecule has 2 aromatic carbocycles. The number of halogens is 1. The van der Waals surface area contributed by atoms with Gasteiger partial charge in [0.05, 0.1) is 6.04 Å². The molecule has 3 nitrogen and oxygen atoms in total. The Balaban J connectivity index is 0.00000161. The van der Waals surface area contributed by atoms with E-state index in [2.05, 4.69) is 35.6 Å². The Morgan fingerprint density at radius 2 is 2.00 bits per heavy atom. The van der Waals surface area contributed by atoms with Crippen LogP contribution in [0.25, 0.3) is 10.8 Å². The van der Waals surface area contributed by atoms with Crippen LogP contribution in [0, 0.1) is 0 Å². The summed E-state index contributed by atoms with van der Waals surface area (Å²) in [5.41, 5.74) is 1.21. The van der Waals surface area contributed by atoms with Crippen LogP contribution in [0.4, 0.5) is 0 Å². The fourth-order valence-electron chi connectivity index (χ4n) is 2.93. The highest BCUT2D eigenvalue weighted by atomic mass is 35.5. The summed E-state index contributed by atoms with van der Waals surface area (Å²) in [6.07, 6.45) is 2.05. The van der Waals surface area contributed by atoms with Gasteiger partial charge in [0.2, 0.25) is 5.91 Å². The quantitative estimate of drug-likeness (QED) is 0.945. The monoisotopic (exact) mass is 304 g/mol. The van der Waals surface area contributed by atoms with Crippen molar-refractivity contribution < 1.29 is 4.79 Å². The van der Waals surface area contributed by atoms with Gasteiger partial charge in [0.1, 0.15) is 0 Å². The number of benzene rings is 2. The van der Waals surface area contributed by atoms with Crippen LogP contribution in [-0.4, -0.2) is 30.4 Å². The minimum Gasteiger partial charge on any atom is -0.340 e. The fourth-order valence-corrected chi connectivity index (χ4v) is 2.93. The van der Waals surface area contributed by atoms with Crippen molar-refractivity contribution in [3.05, 3.63) is 48.0 Å². The summed E-state index contributed by atoms with van der Waals surface area (Å²) in [5, 5.41) is 5.73. The van der Waals surface area contributed by atoms with E-state index in [4.69, 9.17) is 0 Å². The van der Waals surface area contributed by atoms with Gasteiger partial charge < -0.3 is 10.2 Å². The molecule has 3 rings (SSSR count). The lowest BCUT2D eigenvalue weighted by Gasteiger charge is -2.22. The second kappa shape index (κ2) is 6.92. The van der Waals surface area contributed by atoms with Gasteiger partial charge in [-0.25, -0.2) is 0 Å². The van der Waals surface area contributed by atoms with Gasteiger partial charge in [-0.3, -0.25) is 4.79 Å². The molecule has 4 heteroatoms. The van der Waals surface area contributed by atoms with Gasteiger partial charge in [-0.15, -0.1) is 12.4 Å². The molecule has 21 heavy (non-hydrogen) atoms. The summed E-state index contributed by atoms with van der Waals surface area (Å²) in [4.78, 5) is 14.2. The van der Waals surface area contributed by atoms with Gasteiger partial charge in [0.25, 0.3) is 0 Å². The molecule has 1 aliphatic rings. The van der Waals surface area contributed by atoms with Gasteiger partial charge in [-0.2, -0.15) is 0 Å². The Labute approximate surface area is 131 Å². The topological polar surface area (TPSA) is 32.3 Å². The molecule has 1 unspecified atom stereocenters. The van der Waals surface area contributed by atoms with Gasteiger partial charge in [-0.05, 0) is 35.7 Å². The molecule has 1 aliphatic heterocycles. The Morgan fingerprint density at radius 1 is 1.24 bits per heavy atom. The Morgan fingerprint density at radius 3 is 2.76 bits per heavy atom. The molecule has 1 atom stereocenters. The zero-order chi connectivity index (χ0) is 13.9. The minimum atomic E-state index is 0. The van der Waals surface area contributed by atoms with Gasteiger partial charge >= 0.3 is 0 Å². The second-order valence-corrected chi connectivity index (χ2v) is 5.48. The van der Waals surface area contributed by atoms with Crippen LogP contribution in [0.1, 0.15) is 18.4 Å². The highest BCUT2D eigenvalue weighted by molar-refractivity contribution is 5.87. The standard InChI is InChI=1S/C17H20N2O.ClH/c1-19(17(20)16-10-5-11-18-16)12-14-8-4-7-13-6-2-3-9-15(13)14;/h2-4,6-9,16,18H,5,10-12H2,1H3;1H. The molecular weight excluding hydrogens is 284 g/mol. The van der Waals surface area contributed by atoms with Crippen LogP contribution in [0.5, 0.6) is 0 Å². The van der Waals surface area contributed by atoms with Crippen LogP contribution in [0.15, 0.2) is 42.5 Å². The van der Waals surface area contributed by atoms with E-state index in [-0.39, 0.29) is 24.4 Å². The van der Waals surface area contributed by atoms with Crippen molar-refractivity contribution in [3.8, 4) is 0 Å². The molecule has 0 saturated carbocycles. The number of nitrogens with one attached hydrogen (secondary N) is 1. The van der Waals surface area contributed by atoms with E-state index in [0.29, 0.717) is 6.54 Å². The summed E-state index contributed by atoms with van der Waals surface area (Å²) >= 11 is 0. The number of amides is 1. The van der Waals surface area contributed by atoms with Crippen molar-refractivity contribution in [2.45, 2.75) is 25.4 Å². The maximum Gasteiger partial charge on any atom is 0.239 e. The molecule has 1 heterocycles. The number of hydrogen-bond acceptors (Lipinski definition) is 2. The molecule has 2 aromatic rings. The summed E-state index contributed by atoms with van der Waals surface area (Å²) < 4.78 is 0. The molecule has 112 valence electrons. The third kappa shape index (κ3) is 3.36. The Hall–Kier alpha value is -1.58. The summed E-state index contributed by atoms with van der Waals surface area (Å²) in [6.45, 7) is 1.62. The smallest absolute Gasteiger partial charge is 0.239 e. The highest BCUT2D eigenvalue weighted by Gasteiger charge is 2.24. The molecule has 0 bridgehead atoms. The van der Waals surface area contributed by atoms with Gasteiger partial charge in [0, 0.05) is 13.6 Å². The lowest BCUT2D eigenvalue weighted by molar-refractivity contribution is -0.132. The van der Waals surface area contributed by atoms with E-state index >= 15 is 0 Å². The minimum absolute atomic E-state index is 0. The first-order valence-electron chi connectivity index (χ1n) is 7.21. The number of hydrogen-bond donors (Lipinski definition) is 1. The van der Waals surface area contributed by atoms with Crippen molar-refractivity contribution in [2.24, 2.45) is 0 Å². The van der Waals surface area contributed by atoms with Crippen LogP contribution in [0.2, 0.25) is 0 Å². The van der Waals surface area contributed by atoms with Crippen molar-refractivity contribution in [1.29, 1.82) is 0 Å². The number of likely N-dealkylation sites (N-methyl/N-ethyl adjacent to an activating group) is 1. The summed E-state index contributed by atoms with van der Waals surface area (Å²) in [7, 11) is 1.89. The van der Waals surface area contributed by atoms with E-state index in [1.807, 2.05) is 24.1 Å². The van der Waals surface area contributed by atoms with E-state index in [0.717, 1.165) is 19.4 Å². The molecule has 1 fully saturated rings. The van der Waals surface area contributed by atoms with Gasteiger partial charge in [-0.1, -0.05) is 42.5 Å². The Kier molecular flexibility index (Phi) is 5.21. The van der Waals surface area contributed by atoms with Crippen LogP contribution < -0.4 is 5.32 Å². The average molecular weight is 305 g/mol. The second-order valence-electron chi connectivity index (χ2n) is 5.48. The number of carbonyl (C=O) groups is 1. The molecule has 0 aromatic heterocycles. The predicted molar refractivity (Wildman–Crippen MR) is 88.7 cm³/mol. The van der Waals surface area contributed by atoms with E-state index in [1.54, 1.807) is 0 Å². The zero-order valence-corrected chi connectivity index (χ0v) is 13.0. The molecule has 1 N–H and O–H groups in total. The maximum atomic E-state index is 12.3. The van der Waals surface area contributed by atoms with Crippen molar-refractivity contribution in [1.82, 2.24) is 10.2 Å². The van der Waals surface area contributed by atoms with Crippen LogP contribution >= 0.6 is 12.4 Å². The maximum absolute atomic E-state index is 12.3. The number of fused-ring (bicyclic) bond motifs is 1. The predicted octanol–water partition coefficient (Wildman–Crippen LogP) is 2.97. The van der Waals surface area contributed by atoms with Gasteiger partial charge in [0.15, 0.2) is 0 Å². The lowest BCUT2D eigenvalue weighted by Crippen LogP contribution is -2.41. The van der Waals surface area contributed by atoms with Crippen LogP contribution in [0.3, 0.4) is 0 Å². The van der Waals surface area contributed by atoms with Crippen LogP contribution in [-0.2, 0) is 11.3 Å². The molecule has 0 radical (unpaired) electrons. The molecular formula is C17H21ClN2O. The third-order valence-corrected chi connectivity index (χ3v) is 4.02. The third-order valence-electron chi connectivity index (χ3n) is 4.02. The van der Waals surface area contributed by atoms with Crippen molar-refractivity contribution >= 4 is 29.1 Å². The molecule has 1 amide bonds.